The molecular formula is C10H12BrNOS. The van der Waals surface area contributed by atoms with Crippen molar-refractivity contribution >= 4 is 33.5 Å². The minimum Gasteiger partial charge on any atom is -0.300 e. The quantitative estimate of drug-likeness (QED) is 0.609. The number of nitrogens with zero attached hydrogens (tertiary/aromatic N) is 1. The van der Waals surface area contributed by atoms with Gasteiger partial charge in [0.2, 0.25) is 0 Å². The van der Waals surface area contributed by atoms with Crippen LogP contribution in [0.15, 0.2) is 27.8 Å². The van der Waals surface area contributed by atoms with Gasteiger partial charge in [0.05, 0.1) is 0 Å². The molecule has 1 aromatic rings. The fraction of sp³-hybridized carbons (Fsp3) is 0.400. The third kappa shape index (κ3) is 4.24. The van der Waals surface area contributed by atoms with Crippen molar-refractivity contribution in [2.24, 2.45) is 0 Å². The van der Waals surface area contributed by atoms with Crippen LogP contribution in [-0.4, -0.2) is 16.5 Å². The largest absolute Gasteiger partial charge is 0.300 e. The first-order valence-electron chi connectivity index (χ1n) is 4.43. The molecule has 0 atom stereocenters. The molecule has 0 spiro atoms. The number of hydrogen-bond acceptors (Lipinski definition) is 3. The predicted octanol–water partition coefficient (Wildman–Crippen LogP) is 3.31. The second kappa shape index (κ2) is 6.19. The molecule has 0 aromatic carbocycles. The van der Waals surface area contributed by atoms with E-state index in [-0.39, 0.29) is 5.78 Å². The van der Waals surface area contributed by atoms with Crippen molar-refractivity contribution in [2.75, 3.05) is 5.75 Å². The lowest BCUT2D eigenvalue weighted by atomic mass is 10.3. The summed E-state index contributed by atoms with van der Waals surface area (Å²) >= 11 is 5.11. The molecule has 0 saturated heterocycles. The highest BCUT2D eigenvalue weighted by Gasteiger charge is 2.00. The molecule has 2 nitrogen and oxygen atoms in total. The Morgan fingerprint density at radius 1 is 1.64 bits per heavy atom. The van der Waals surface area contributed by atoms with E-state index in [1.165, 1.54) is 0 Å². The summed E-state index contributed by atoms with van der Waals surface area (Å²) in [6, 6.07) is 3.87. The first-order valence-corrected chi connectivity index (χ1v) is 6.21. The van der Waals surface area contributed by atoms with Crippen LogP contribution in [0.2, 0.25) is 0 Å². The van der Waals surface area contributed by atoms with E-state index in [9.17, 15) is 4.79 Å². The maximum atomic E-state index is 10.7. The molecule has 0 unspecified atom stereocenters. The first-order chi connectivity index (χ1) is 6.70. The van der Waals surface area contributed by atoms with Crippen LogP contribution >= 0.6 is 27.7 Å². The Kier molecular flexibility index (Phi) is 5.19. The van der Waals surface area contributed by atoms with E-state index < -0.39 is 0 Å². The smallest absolute Gasteiger partial charge is 0.129 e. The Hall–Kier alpha value is -0.350. The molecule has 0 N–H and O–H groups in total. The van der Waals surface area contributed by atoms with Crippen molar-refractivity contribution in [1.82, 2.24) is 4.98 Å². The average molecular weight is 274 g/mol. The highest BCUT2D eigenvalue weighted by Crippen LogP contribution is 2.25. The normalized spacial score (nSPS) is 10.1. The zero-order chi connectivity index (χ0) is 10.4. The van der Waals surface area contributed by atoms with Gasteiger partial charge in [-0.3, -0.25) is 0 Å². The molecular weight excluding hydrogens is 262 g/mol. The second-order valence-corrected chi connectivity index (χ2v) is 4.88. The van der Waals surface area contributed by atoms with E-state index >= 15 is 0 Å². The van der Waals surface area contributed by atoms with Gasteiger partial charge >= 0.3 is 0 Å². The molecule has 1 aromatic heterocycles. The summed E-state index contributed by atoms with van der Waals surface area (Å²) in [4.78, 5) is 14.9. The van der Waals surface area contributed by atoms with Crippen LogP contribution in [0, 0.1) is 0 Å². The van der Waals surface area contributed by atoms with E-state index in [1.807, 2.05) is 12.1 Å². The van der Waals surface area contributed by atoms with E-state index in [0.717, 1.165) is 21.7 Å². The van der Waals surface area contributed by atoms with Crippen molar-refractivity contribution < 1.29 is 4.79 Å². The monoisotopic (exact) mass is 273 g/mol. The number of hydrogen-bond donors (Lipinski definition) is 0. The van der Waals surface area contributed by atoms with Gasteiger partial charge in [-0.1, -0.05) is 0 Å². The Morgan fingerprint density at radius 2 is 2.43 bits per heavy atom. The van der Waals surface area contributed by atoms with Crippen LogP contribution < -0.4 is 0 Å². The molecule has 0 fully saturated rings. The fourth-order valence-corrected chi connectivity index (χ4v) is 2.39. The van der Waals surface area contributed by atoms with Crippen molar-refractivity contribution in [1.29, 1.82) is 0 Å². The van der Waals surface area contributed by atoms with E-state index in [0.29, 0.717) is 6.42 Å². The number of Topliss-reactive ketones (excluding diaryl/α,β-unsaturated/α-hetero) is 1. The summed E-state index contributed by atoms with van der Waals surface area (Å²) in [6.07, 6.45) is 3.36. The number of halogens is 1. The van der Waals surface area contributed by atoms with Gasteiger partial charge in [-0.15, -0.1) is 11.8 Å². The van der Waals surface area contributed by atoms with Crippen LogP contribution in [0.5, 0.6) is 0 Å². The number of thioether (sulfide) groups is 1. The minimum absolute atomic E-state index is 0.255. The van der Waals surface area contributed by atoms with Gasteiger partial charge in [-0.2, -0.15) is 0 Å². The second-order valence-electron chi connectivity index (χ2n) is 2.94. The van der Waals surface area contributed by atoms with E-state index in [4.69, 9.17) is 0 Å². The standard InChI is InChI=1S/C10H12BrNOS/c1-8(13)4-3-7-14-10-9(11)5-2-6-12-10/h2,5-6H,3-4,7H2,1H3. The number of carbonyl (C=O) groups excluding carboxylic acids is 1. The van der Waals surface area contributed by atoms with Gasteiger partial charge in [-0.25, -0.2) is 4.98 Å². The summed E-state index contributed by atoms with van der Waals surface area (Å²) in [5, 5.41) is 0.996. The summed E-state index contributed by atoms with van der Waals surface area (Å²) in [5.74, 6) is 1.19. The van der Waals surface area contributed by atoms with Gasteiger partial charge in [0.15, 0.2) is 0 Å². The number of rotatable bonds is 5. The van der Waals surface area contributed by atoms with Crippen molar-refractivity contribution in [3.05, 3.63) is 22.8 Å². The lowest BCUT2D eigenvalue weighted by molar-refractivity contribution is -0.117. The Labute approximate surface area is 96.6 Å². The number of pyridine rings is 1. The molecule has 4 heteroatoms. The van der Waals surface area contributed by atoms with E-state index in [1.54, 1.807) is 24.9 Å². The number of aromatic nitrogens is 1. The topological polar surface area (TPSA) is 30.0 Å². The van der Waals surface area contributed by atoms with Gasteiger partial charge in [-0.05, 0) is 47.2 Å². The third-order valence-electron chi connectivity index (χ3n) is 1.64. The average Bonchev–Trinajstić information content (AvgIpc) is 2.15. The zero-order valence-corrected chi connectivity index (χ0v) is 10.4. The fourth-order valence-electron chi connectivity index (χ4n) is 0.967. The lowest BCUT2D eigenvalue weighted by Gasteiger charge is -2.01. The van der Waals surface area contributed by atoms with Gasteiger partial charge in [0.25, 0.3) is 0 Å². The van der Waals surface area contributed by atoms with Gasteiger partial charge in [0, 0.05) is 17.1 Å². The van der Waals surface area contributed by atoms with Crippen molar-refractivity contribution in [2.45, 2.75) is 24.8 Å². The van der Waals surface area contributed by atoms with E-state index in [2.05, 4.69) is 20.9 Å². The Balaban J connectivity index is 2.31. The Morgan fingerprint density at radius 3 is 3.07 bits per heavy atom. The first kappa shape index (κ1) is 11.7. The molecule has 0 radical (unpaired) electrons. The van der Waals surface area contributed by atoms with Crippen LogP contribution in [0.1, 0.15) is 19.8 Å². The molecule has 76 valence electrons. The van der Waals surface area contributed by atoms with Crippen LogP contribution in [0.25, 0.3) is 0 Å². The SMILES string of the molecule is CC(=O)CCCSc1ncccc1Br. The maximum Gasteiger partial charge on any atom is 0.129 e. The summed E-state index contributed by atoms with van der Waals surface area (Å²) < 4.78 is 1.02. The summed E-state index contributed by atoms with van der Waals surface area (Å²) in [5.41, 5.74) is 0. The van der Waals surface area contributed by atoms with Crippen LogP contribution in [0.3, 0.4) is 0 Å². The molecule has 1 heterocycles. The molecule has 0 amide bonds. The lowest BCUT2D eigenvalue weighted by Crippen LogP contribution is -1.91. The maximum absolute atomic E-state index is 10.7. The highest BCUT2D eigenvalue weighted by molar-refractivity contribution is 9.10. The number of ketones is 1. The molecule has 0 saturated carbocycles. The molecule has 0 bridgehead atoms. The minimum atomic E-state index is 0.255. The third-order valence-corrected chi connectivity index (χ3v) is 3.63. The number of carbonyl (C=O) groups is 1. The summed E-state index contributed by atoms with van der Waals surface area (Å²) in [7, 11) is 0. The van der Waals surface area contributed by atoms with Crippen molar-refractivity contribution in [3.8, 4) is 0 Å². The molecule has 0 aliphatic carbocycles. The highest BCUT2D eigenvalue weighted by atomic mass is 79.9. The molecule has 0 aliphatic rings. The molecule has 14 heavy (non-hydrogen) atoms. The van der Waals surface area contributed by atoms with Gasteiger partial charge < -0.3 is 4.79 Å². The molecule has 0 aliphatic heterocycles. The van der Waals surface area contributed by atoms with Crippen molar-refractivity contribution in [3.63, 3.8) is 0 Å². The van der Waals surface area contributed by atoms with Gasteiger partial charge in [0.1, 0.15) is 10.8 Å². The zero-order valence-electron chi connectivity index (χ0n) is 8.00. The summed E-state index contributed by atoms with van der Waals surface area (Å²) in [6.45, 7) is 1.63. The molecule has 1 rings (SSSR count). The predicted molar refractivity (Wildman–Crippen MR) is 62.6 cm³/mol. The van der Waals surface area contributed by atoms with Crippen LogP contribution in [0.4, 0.5) is 0 Å². The Bertz CT molecular complexity index is 317. The van der Waals surface area contributed by atoms with Crippen LogP contribution in [-0.2, 0) is 4.79 Å².